The van der Waals surface area contributed by atoms with E-state index in [-0.39, 0.29) is 11.4 Å². The van der Waals surface area contributed by atoms with Crippen LogP contribution in [0.2, 0.25) is 0 Å². The molecule has 4 rings (SSSR count). The molecule has 0 aliphatic carbocycles. The van der Waals surface area contributed by atoms with Crippen molar-refractivity contribution in [2.75, 3.05) is 13.2 Å². The van der Waals surface area contributed by atoms with E-state index in [1.54, 1.807) is 25.1 Å². The highest BCUT2D eigenvalue weighted by Crippen LogP contribution is 2.30. The molecule has 0 fully saturated rings. The lowest BCUT2D eigenvalue weighted by Gasteiger charge is -2.28. The first-order valence-electron chi connectivity index (χ1n) is 9.58. The summed E-state index contributed by atoms with van der Waals surface area (Å²) in [7, 11) is 0. The lowest BCUT2D eigenvalue weighted by Crippen LogP contribution is -2.42. The second-order valence-corrected chi connectivity index (χ2v) is 7.65. The molecule has 0 spiro atoms. The number of fused-ring (bicyclic) bond motifs is 2. The lowest BCUT2D eigenvalue weighted by molar-refractivity contribution is 0.0907. The van der Waals surface area contributed by atoms with Crippen molar-refractivity contribution in [3.05, 3.63) is 64.9 Å². The molecule has 0 unspecified atom stereocenters. The Morgan fingerprint density at radius 1 is 1.21 bits per heavy atom. The molecular formula is C22H23FN4O2. The molecule has 0 bridgehead atoms. The van der Waals surface area contributed by atoms with Crippen molar-refractivity contribution < 1.29 is 13.9 Å². The maximum absolute atomic E-state index is 14.3. The number of hydrogen-bond acceptors (Lipinski definition) is 5. The number of amides is 1. The normalized spacial score (nSPS) is 14.1. The number of ether oxygens (including phenoxy) is 1. The molecule has 150 valence electrons. The molecule has 1 amide bonds. The molecule has 3 aromatic rings. The Bertz CT molecular complexity index is 1100. The SMILES string of the molecule is Cc1nc(C(C)(C)NC(=O)c2cccc3c2OCCNC3)c2cccc(F)c2n1. The van der Waals surface area contributed by atoms with E-state index in [0.717, 1.165) is 12.1 Å². The third kappa shape index (κ3) is 3.65. The van der Waals surface area contributed by atoms with E-state index in [2.05, 4.69) is 20.6 Å². The topological polar surface area (TPSA) is 76.1 Å². The molecule has 0 saturated carbocycles. The highest BCUT2D eigenvalue weighted by Gasteiger charge is 2.30. The Morgan fingerprint density at radius 2 is 2.00 bits per heavy atom. The Labute approximate surface area is 168 Å². The zero-order chi connectivity index (χ0) is 20.6. The van der Waals surface area contributed by atoms with Crippen molar-refractivity contribution in [2.45, 2.75) is 32.9 Å². The van der Waals surface area contributed by atoms with Gasteiger partial charge in [-0.05, 0) is 32.9 Å². The summed E-state index contributed by atoms with van der Waals surface area (Å²) in [5.74, 6) is 0.365. The smallest absolute Gasteiger partial charge is 0.255 e. The summed E-state index contributed by atoms with van der Waals surface area (Å²) >= 11 is 0. The monoisotopic (exact) mass is 394 g/mol. The first-order valence-corrected chi connectivity index (χ1v) is 9.58. The Balaban J connectivity index is 1.73. The number of aromatic nitrogens is 2. The van der Waals surface area contributed by atoms with Crippen LogP contribution in [0.3, 0.4) is 0 Å². The number of aryl methyl sites for hydroxylation is 1. The van der Waals surface area contributed by atoms with Crippen LogP contribution in [0.4, 0.5) is 4.39 Å². The molecule has 2 N–H and O–H groups in total. The first-order chi connectivity index (χ1) is 13.9. The number of nitrogens with one attached hydrogen (secondary N) is 2. The second-order valence-electron chi connectivity index (χ2n) is 7.65. The van der Waals surface area contributed by atoms with Crippen molar-refractivity contribution in [3.63, 3.8) is 0 Å². The number of rotatable bonds is 3. The van der Waals surface area contributed by atoms with E-state index in [4.69, 9.17) is 4.74 Å². The maximum atomic E-state index is 14.3. The van der Waals surface area contributed by atoms with Gasteiger partial charge in [0.1, 0.15) is 29.5 Å². The van der Waals surface area contributed by atoms with Crippen molar-refractivity contribution >= 4 is 16.8 Å². The summed E-state index contributed by atoms with van der Waals surface area (Å²) in [4.78, 5) is 21.9. The zero-order valence-corrected chi connectivity index (χ0v) is 16.7. The van der Waals surface area contributed by atoms with Gasteiger partial charge in [0.2, 0.25) is 0 Å². The molecule has 1 aliphatic rings. The highest BCUT2D eigenvalue weighted by atomic mass is 19.1. The highest BCUT2D eigenvalue weighted by molar-refractivity contribution is 5.98. The summed E-state index contributed by atoms with van der Waals surface area (Å²) in [6.07, 6.45) is 0. The van der Waals surface area contributed by atoms with Gasteiger partial charge in [-0.1, -0.05) is 24.3 Å². The van der Waals surface area contributed by atoms with Crippen LogP contribution in [0, 0.1) is 12.7 Å². The molecule has 1 aliphatic heterocycles. The van der Waals surface area contributed by atoms with Crippen molar-refractivity contribution in [1.82, 2.24) is 20.6 Å². The summed E-state index contributed by atoms with van der Waals surface area (Å²) in [5, 5.41) is 6.89. The van der Waals surface area contributed by atoms with Crippen LogP contribution >= 0.6 is 0 Å². The van der Waals surface area contributed by atoms with Crippen molar-refractivity contribution in [3.8, 4) is 5.75 Å². The predicted molar refractivity (Wildman–Crippen MR) is 108 cm³/mol. The number of para-hydroxylation sites is 2. The number of nitrogens with zero attached hydrogens (tertiary/aromatic N) is 2. The van der Waals surface area contributed by atoms with Gasteiger partial charge in [-0.3, -0.25) is 4.79 Å². The molecular weight excluding hydrogens is 371 g/mol. The minimum absolute atomic E-state index is 0.250. The van der Waals surface area contributed by atoms with Crippen LogP contribution in [0.5, 0.6) is 5.75 Å². The number of hydrogen-bond donors (Lipinski definition) is 2. The van der Waals surface area contributed by atoms with Crippen molar-refractivity contribution in [2.24, 2.45) is 0 Å². The van der Waals surface area contributed by atoms with Crippen LogP contribution in [0.1, 0.15) is 41.3 Å². The van der Waals surface area contributed by atoms with Gasteiger partial charge >= 0.3 is 0 Å². The van der Waals surface area contributed by atoms with E-state index >= 15 is 0 Å². The minimum Gasteiger partial charge on any atom is -0.491 e. The van der Waals surface area contributed by atoms with Gasteiger partial charge in [-0.25, -0.2) is 14.4 Å². The van der Waals surface area contributed by atoms with Gasteiger partial charge in [-0.2, -0.15) is 0 Å². The first kappa shape index (κ1) is 19.3. The zero-order valence-electron chi connectivity index (χ0n) is 16.7. The number of carbonyl (C=O) groups is 1. The van der Waals surface area contributed by atoms with Gasteiger partial charge < -0.3 is 15.4 Å². The van der Waals surface area contributed by atoms with Crippen molar-refractivity contribution in [1.29, 1.82) is 0 Å². The van der Waals surface area contributed by atoms with E-state index in [1.165, 1.54) is 6.07 Å². The van der Waals surface area contributed by atoms with E-state index in [9.17, 15) is 9.18 Å². The quantitative estimate of drug-likeness (QED) is 0.713. The molecule has 1 aromatic heterocycles. The van der Waals surface area contributed by atoms with E-state index in [1.807, 2.05) is 26.0 Å². The molecule has 0 atom stereocenters. The minimum atomic E-state index is -0.859. The van der Waals surface area contributed by atoms with Crippen LogP contribution in [0.25, 0.3) is 10.9 Å². The standard InChI is InChI=1S/C22H23FN4O2/c1-13-25-18-15(7-5-9-17(18)23)20(26-13)22(2,3)27-21(28)16-8-4-6-14-12-24-10-11-29-19(14)16/h4-9,24H,10-12H2,1-3H3,(H,27,28). The second kappa shape index (κ2) is 7.40. The fraction of sp³-hybridized carbons (Fsp3) is 0.318. The lowest BCUT2D eigenvalue weighted by atomic mass is 9.95. The molecule has 7 heteroatoms. The third-order valence-corrected chi connectivity index (χ3v) is 4.99. The maximum Gasteiger partial charge on any atom is 0.255 e. The molecule has 29 heavy (non-hydrogen) atoms. The largest absolute Gasteiger partial charge is 0.491 e. The average Bonchev–Trinajstić information content (AvgIpc) is 2.93. The van der Waals surface area contributed by atoms with E-state index < -0.39 is 11.4 Å². The summed E-state index contributed by atoms with van der Waals surface area (Å²) in [6, 6.07) is 10.3. The summed E-state index contributed by atoms with van der Waals surface area (Å²) in [5.41, 5.74) is 1.37. The fourth-order valence-corrected chi connectivity index (χ4v) is 3.64. The number of halogens is 1. The van der Waals surface area contributed by atoms with Gasteiger partial charge in [0.25, 0.3) is 5.91 Å². The Morgan fingerprint density at radius 3 is 2.83 bits per heavy atom. The predicted octanol–water partition coefficient (Wildman–Crippen LogP) is 3.22. The van der Waals surface area contributed by atoms with Gasteiger partial charge in [0, 0.05) is 24.0 Å². The van der Waals surface area contributed by atoms with E-state index in [0.29, 0.717) is 41.4 Å². The van der Waals surface area contributed by atoms with Crippen LogP contribution in [-0.4, -0.2) is 29.0 Å². The van der Waals surface area contributed by atoms with Gasteiger partial charge in [0.15, 0.2) is 0 Å². The molecule has 0 saturated heterocycles. The van der Waals surface area contributed by atoms with Gasteiger partial charge in [-0.15, -0.1) is 0 Å². The van der Waals surface area contributed by atoms with Crippen LogP contribution in [0.15, 0.2) is 36.4 Å². The van der Waals surface area contributed by atoms with Crippen LogP contribution < -0.4 is 15.4 Å². The molecule has 6 nitrogen and oxygen atoms in total. The fourth-order valence-electron chi connectivity index (χ4n) is 3.64. The summed E-state index contributed by atoms with van der Waals surface area (Å²) < 4.78 is 20.1. The third-order valence-electron chi connectivity index (χ3n) is 4.99. The van der Waals surface area contributed by atoms with Crippen LogP contribution in [-0.2, 0) is 12.1 Å². The molecule has 2 heterocycles. The van der Waals surface area contributed by atoms with Gasteiger partial charge in [0.05, 0.1) is 16.8 Å². The Hall–Kier alpha value is -3.06. The average molecular weight is 394 g/mol. The summed E-state index contributed by atoms with van der Waals surface area (Å²) in [6.45, 7) is 7.27. The molecule has 2 aromatic carbocycles. The number of benzene rings is 2. The Kier molecular flexibility index (Phi) is 4.92. The number of carbonyl (C=O) groups excluding carboxylic acids is 1. The molecule has 0 radical (unpaired) electrons.